The summed E-state index contributed by atoms with van der Waals surface area (Å²) in [5.74, 6) is -0.203. The maximum Gasteiger partial charge on any atom is 0.248 e. The van der Waals surface area contributed by atoms with Crippen molar-refractivity contribution in [1.29, 1.82) is 0 Å². The summed E-state index contributed by atoms with van der Waals surface area (Å²) in [7, 11) is 0. The minimum Gasteiger partial charge on any atom is -0.374 e. The Hall–Kier alpha value is -2.82. The minimum absolute atomic E-state index is 0.156. The van der Waals surface area contributed by atoms with Crippen LogP contribution in [-0.2, 0) is 4.79 Å². The summed E-state index contributed by atoms with van der Waals surface area (Å²) < 4.78 is 0. The fourth-order valence-electron chi connectivity index (χ4n) is 2.28. The molecule has 1 unspecified atom stereocenters. The predicted molar refractivity (Wildman–Crippen MR) is 97.2 cm³/mol. The van der Waals surface area contributed by atoms with Gasteiger partial charge in [-0.05, 0) is 48.7 Å². The zero-order valence-corrected chi connectivity index (χ0v) is 14.2. The van der Waals surface area contributed by atoms with Gasteiger partial charge < -0.3 is 16.4 Å². The third-order valence-corrected chi connectivity index (χ3v) is 3.77. The number of rotatable bonds is 6. The van der Waals surface area contributed by atoms with Gasteiger partial charge in [0.2, 0.25) is 11.8 Å². The van der Waals surface area contributed by atoms with E-state index in [1.54, 1.807) is 31.2 Å². The molecule has 5 heteroatoms. The average molecular weight is 325 g/mol. The topological polar surface area (TPSA) is 84.2 Å². The standard InChI is InChI=1S/C19H23N3O2/c1-12(2)14-7-9-16(10-8-14)22-19(24)13(3)21-17-6-4-5-15(11-17)18(20)23/h4-13,21H,1-3H3,(H2,20,23)(H,22,24). The van der Waals surface area contributed by atoms with E-state index in [0.29, 0.717) is 17.2 Å². The highest BCUT2D eigenvalue weighted by Gasteiger charge is 2.13. The van der Waals surface area contributed by atoms with Gasteiger partial charge in [-0.2, -0.15) is 0 Å². The van der Waals surface area contributed by atoms with Crippen molar-refractivity contribution in [2.45, 2.75) is 32.7 Å². The van der Waals surface area contributed by atoms with Gasteiger partial charge in [0.05, 0.1) is 0 Å². The first kappa shape index (κ1) is 17.5. The Morgan fingerprint density at radius 2 is 1.62 bits per heavy atom. The number of hydrogen-bond donors (Lipinski definition) is 3. The summed E-state index contributed by atoms with van der Waals surface area (Å²) in [6, 6.07) is 14.1. The Kier molecular flexibility index (Phi) is 5.58. The molecule has 2 aromatic rings. The van der Waals surface area contributed by atoms with E-state index in [9.17, 15) is 9.59 Å². The van der Waals surface area contributed by atoms with Crippen LogP contribution in [0.2, 0.25) is 0 Å². The summed E-state index contributed by atoms with van der Waals surface area (Å²) in [6.07, 6.45) is 0. The lowest BCUT2D eigenvalue weighted by Crippen LogP contribution is -2.32. The number of primary amides is 1. The number of hydrogen-bond acceptors (Lipinski definition) is 3. The summed E-state index contributed by atoms with van der Waals surface area (Å²) in [4.78, 5) is 23.5. The molecule has 5 nitrogen and oxygen atoms in total. The molecule has 4 N–H and O–H groups in total. The minimum atomic E-state index is -0.499. The first-order valence-corrected chi connectivity index (χ1v) is 7.94. The zero-order valence-electron chi connectivity index (χ0n) is 14.2. The maximum atomic E-state index is 12.3. The van der Waals surface area contributed by atoms with Gasteiger partial charge in [-0.15, -0.1) is 0 Å². The van der Waals surface area contributed by atoms with Crippen molar-refractivity contribution >= 4 is 23.2 Å². The van der Waals surface area contributed by atoms with Crippen LogP contribution in [-0.4, -0.2) is 17.9 Å². The zero-order chi connectivity index (χ0) is 17.7. The van der Waals surface area contributed by atoms with Crippen LogP contribution in [0.1, 0.15) is 42.6 Å². The van der Waals surface area contributed by atoms with E-state index in [-0.39, 0.29) is 5.91 Å². The van der Waals surface area contributed by atoms with E-state index >= 15 is 0 Å². The summed E-state index contributed by atoms with van der Waals surface area (Å²) >= 11 is 0. The highest BCUT2D eigenvalue weighted by Crippen LogP contribution is 2.18. The second-order valence-corrected chi connectivity index (χ2v) is 6.08. The fraction of sp³-hybridized carbons (Fsp3) is 0.263. The Labute approximate surface area is 142 Å². The highest BCUT2D eigenvalue weighted by molar-refractivity contribution is 5.97. The quantitative estimate of drug-likeness (QED) is 0.761. The molecule has 1 atom stereocenters. The van der Waals surface area contributed by atoms with Gasteiger partial charge in [0.15, 0.2) is 0 Å². The lowest BCUT2D eigenvalue weighted by molar-refractivity contribution is -0.116. The van der Waals surface area contributed by atoms with Crippen LogP contribution in [0.3, 0.4) is 0 Å². The lowest BCUT2D eigenvalue weighted by atomic mass is 10.0. The molecule has 2 aromatic carbocycles. The Morgan fingerprint density at radius 1 is 0.958 bits per heavy atom. The van der Waals surface area contributed by atoms with E-state index < -0.39 is 11.9 Å². The molecule has 0 aliphatic carbocycles. The second-order valence-electron chi connectivity index (χ2n) is 6.08. The summed E-state index contributed by atoms with van der Waals surface area (Å²) in [5.41, 5.74) is 8.31. The molecule has 0 saturated carbocycles. The highest BCUT2D eigenvalue weighted by atomic mass is 16.2. The predicted octanol–water partition coefficient (Wildman–Crippen LogP) is 3.35. The van der Waals surface area contributed by atoms with E-state index in [1.807, 2.05) is 24.3 Å². The van der Waals surface area contributed by atoms with Crippen molar-refractivity contribution in [3.63, 3.8) is 0 Å². The third kappa shape index (κ3) is 4.59. The summed E-state index contributed by atoms with van der Waals surface area (Å²) in [5, 5.41) is 5.94. The molecular weight excluding hydrogens is 302 g/mol. The van der Waals surface area contributed by atoms with Crippen molar-refractivity contribution in [1.82, 2.24) is 0 Å². The first-order chi connectivity index (χ1) is 11.4. The van der Waals surface area contributed by atoms with Gasteiger partial charge in [0, 0.05) is 16.9 Å². The molecule has 2 amide bonds. The van der Waals surface area contributed by atoms with Crippen LogP contribution in [0.5, 0.6) is 0 Å². The molecule has 2 rings (SSSR count). The Bertz CT molecular complexity index is 724. The van der Waals surface area contributed by atoms with Crippen LogP contribution in [0.25, 0.3) is 0 Å². The molecule has 0 aliphatic rings. The van der Waals surface area contributed by atoms with E-state index in [4.69, 9.17) is 5.73 Å². The molecule has 0 aliphatic heterocycles. The monoisotopic (exact) mass is 325 g/mol. The lowest BCUT2D eigenvalue weighted by Gasteiger charge is -2.16. The molecule has 126 valence electrons. The van der Waals surface area contributed by atoms with Gasteiger partial charge >= 0.3 is 0 Å². The van der Waals surface area contributed by atoms with Crippen LogP contribution >= 0.6 is 0 Å². The van der Waals surface area contributed by atoms with Crippen LogP contribution < -0.4 is 16.4 Å². The molecule has 0 bridgehead atoms. The first-order valence-electron chi connectivity index (χ1n) is 7.94. The third-order valence-electron chi connectivity index (χ3n) is 3.77. The molecule has 0 saturated heterocycles. The van der Waals surface area contributed by atoms with E-state index in [0.717, 1.165) is 5.69 Å². The van der Waals surface area contributed by atoms with Crippen LogP contribution in [0.15, 0.2) is 48.5 Å². The van der Waals surface area contributed by atoms with Gasteiger partial charge in [-0.25, -0.2) is 0 Å². The van der Waals surface area contributed by atoms with Crippen molar-refractivity contribution < 1.29 is 9.59 Å². The number of carbonyl (C=O) groups excluding carboxylic acids is 2. The Balaban J connectivity index is 1.99. The van der Waals surface area contributed by atoms with Crippen molar-refractivity contribution in [2.24, 2.45) is 5.73 Å². The van der Waals surface area contributed by atoms with Gasteiger partial charge in [-0.1, -0.05) is 32.0 Å². The van der Waals surface area contributed by atoms with Crippen molar-refractivity contribution in [3.05, 3.63) is 59.7 Å². The molecule has 0 fully saturated rings. The number of nitrogens with one attached hydrogen (secondary N) is 2. The molecule has 0 spiro atoms. The number of benzene rings is 2. The van der Waals surface area contributed by atoms with Gasteiger partial charge in [0.1, 0.15) is 6.04 Å². The van der Waals surface area contributed by atoms with Gasteiger partial charge in [0.25, 0.3) is 0 Å². The van der Waals surface area contributed by atoms with Crippen LogP contribution in [0, 0.1) is 0 Å². The molecule has 0 aromatic heterocycles. The molecule has 0 radical (unpaired) electrons. The fourth-order valence-corrected chi connectivity index (χ4v) is 2.28. The molecule has 0 heterocycles. The normalized spacial score (nSPS) is 11.8. The number of carbonyl (C=O) groups is 2. The van der Waals surface area contributed by atoms with Crippen molar-refractivity contribution in [2.75, 3.05) is 10.6 Å². The Morgan fingerprint density at radius 3 is 2.21 bits per heavy atom. The SMILES string of the molecule is CC(Nc1cccc(C(N)=O)c1)C(=O)Nc1ccc(C(C)C)cc1. The smallest absolute Gasteiger partial charge is 0.248 e. The van der Waals surface area contributed by atoms with E-state index in [1.165, 1.54) is 5.56 Å². The largest absolute Gasteiger partial charge is 0.374 e. The summed E-state index contributed by atoms with van der Waals surface area (Å²) in [6.45, 7) is 6.01. The van der Waals surface area contributed by atoms with Crippen LogP contribution in [0.4, 0.5) is 11.4 Å². The number of amides is 2. The second kappa shape index (κ2) is 7.64. The van der Waals surface area contributed by atoms with Gasteiger partial charge in [-0.3, -0.25) is 9.59 Å². The maximum absolute atomic E-state index is 12.3. The number of anilines is 2. The number of nitrogens with two attached hydrogens (primary N) is 1. The molecular formula is C19H23N3O2. The average Bonchev–Trinajstić information content (AvgIpc) is 2.55. The molecule has 24 heavy (non-hydrogen) atoms. The van der Waals surface area contributed by atoms with E-state index in [2.05, 4.69) is 24.5 Å². The van der Waals surface area contributed by atoms with Crippen molar-refractivity contribution in [3.8, 4) is 0 Å².